The van der Waals surface area contributed by atoms with Crippen LogP contribution in [-0.4, -0.2) is 23.3 Å². The minimum absolute atomic E-state index is 0.198. The van der Waals surface area contributed by atoms with Crippen LogP contribution >= 0.6 is 22.9 Å². The fourth-order valence-corrected chi connectivity index (χ4v) is 3.31. The highest BCUT2D eigenvalue weighted by Gasteiger charge is 2.29. The average molecular weight is 320 g/mol. The number of hydrogen-bond acceptors (Lipinski definition) is 3. The van der Waals surface area contributed by atoms with E-state index in [1.807, 2.05) is 12.1 Å². The molecule has 0 unspecified atom stereocenters. The zero-order valence-electron chi connectivity index (χ0n) is 11.8. The first-order valence-corrected chi connectivity index (χ1v) is 8.53. The van der Waals surface area contributed by atoms with Gasteiger partial charge >= 0.3 is 0 Å². The van der Waals surface area contributed by atoms with Crippen molar-refractivity contribution in [3.05, 3.63) is 57.2 Å². The molecule has 4 heteroatoms. The van der Waals surface area contributed by atoms with E-state index in [0.717, 1.165) is 18.7 Å². The fourth-order valence-electron chi connectivity index (χ4n) is 2.46. The van der Waals surface area contributed by atoms with Crippen LogP contribution in [0.5, 0.6) is 0 Å². The van der Waals surface area contributed by atoms with E-state index in [9.17, 15) is 4.79 Å². The van der Waals surface area contributed by atoms with Crippen molar-refractivity contribution in [2.75, 3.05) is 6.54 Å². The number of carbonyl (C=O) groups is 1. The zero-order valence-corrected chi connectivity index (χ0v) is 13.4. The number of hydrogen-bond donors (Lipinski definition) is 0. The lowest BCUT2D eigenvalue weighted by molar-refractivity contribution is 0.0960. The summed E-state index contributed by atoms with van der Waals surface area (Å²) in [6, 6.07) is 12.1. The van der Waals surface area contributed by atoms with Crippen LogP contribution in [0.25, 0.3) is 0 Å². The van der Waals surface area contributed by atoms with E-state index >= 15 is 0 Å². The Morgan fingerprint density at radius 2 is 2.00 bits per heavy atom. The van der Waals surface area contributed by atoms with Crippen molar-refractivity contribution in [3.8, 4) is 0 Å². The van der Waals surface area contributed by atoms with E-state index in [4.69, 9.17) is 11.6 Å². The van der Waals surface area contributed by atoms with Gasteiger partial charge in [-0.1, -0.05) is 17.7 Å². The predicted octanol–water partition coefficient (Wildman–Crippen LogP) is 4.64. The SMILES string of the molecule is O=C(CCN(Cc1cccs1)C1CC1)c1ccc(Cl)cc1. The van der Waals surface area contributed by atoms with E-state index in [2.05, 4.69) is 22.4 Å². The normalized spacial score (nSPS) is 14.6. The molecule has 0 N–H and O–H groups in total. The van der Waals surface area contributed by atoms with Gasteiger partial charge in [0.25, 0.3) is 0 Å². The average Bonchev–Trinajstić information content (AvgIpc) is 3.21. The standard InChI is InChI=1S/C17H18ClNOS/c18-14-5-3-13(4-6-14)17(20)9-10-19(15-7-8-15)12-16-2-1-11-21-16/h1-6,11,15H,7-10,12H2. The highest BCUT2D eigenvalue weighted by atomic mass is 35.5. The molecular weight excluding hydrogens is 302 g/mol. The molecular formula is C17H18ClNOS. The van der Waals surface area contributed by atoms with Gasteiger partial charge in [-0.05, 0) is 48.6 Å². The number of benzene rings is 1. The summed E-state index contributed by atoms with van der Waals surface area (Å²) >= 11 is 7.64. The van der Waals surface area contributed by atoms with Gasteiger partial charge in [-0.15, -0.1) is 11.3 Å². The largest absolute Gasteiger partial charge is 0.295 e. The van der Waals surface area contributed by atoms with Gasteiger partial charge in [0.2, 0.25) is 0 Å². The summed E-state index contributed by atoms with van der Waals surface area (Å²) in [6.45, 7) is 1.81. The molecule has 0 bridgehead atoms. The number of ketones is 1. The molecule has 1 saturated carbocycles. The summed E-state index contributed by atoms with van der Waals surface area (Å²) in [5.74, 6) is 0.198. The van der Waals surface area contributed by atoms with Gasteiger partial charge in [-0.25, -0.2) is 0 Å². The predicted molar refractivity (Wildman–Crippen MR) is 88.2 cm³/mol. The number of carbonyl (C=O) groups excluding carboxylic acids is 1. The van der Waals surface area contributed by atoms with Crippen molar-refractivity contribution in [1.82, 2.24) is 4.90 Å². The Labute approximate surface area is 134 Å². The molecule has 0 atom stereocenters. The van der Waals surface area contributed by atoms with Crippen LogP contribution < -0.4 is 0 Å². The van der Waals surface area contributed by atoms with Gasteiger partial charge in [0.05, 0.1) is 0 Å². The molecule has 2 nitrogen and oxygen atoms in total. The van der Waals surface area contributed by atoms with Crippen LogP contribution in [0, 0.1) is 0 Å². The van der Waals surface area contributed by atoms with Crippen LogP contribution in [0.15, 0.2) is 41.8 Å². The minimum Gasteiger partial charge on any atom is -0.295 e. The van der Waals surface area contributed by atoms with Crippen molar-refractivity contribution in [3.63, 3.8) is 0 Å². The van der Waals surface area contributed by atoms with Gasteiger partial charge < -0.3 is 0 Å². The Bertz CT molecular complexity index is 590. The maximum atomic E-state index is 12.2. The molecule has 2 aromatic rings. The van der Waals surface area contributed by atoms with Crippen LogP contribution in [0.2, 0.25) is 5.02 Å². The third-order valence-electron chi connectivity index (χ3n) is 3.79. The first-order chi connectivity index (χ1) is 10.2. The highest BCUT2D eigenvalue weighted by molar-refractivity contribution is 7.09. The van der Waals surface area contributed by atoms with Crippen molar-refractivity contribution in [2.45, 2.75) is 31.8 Å². The lowest BCUT2D eigenvalue weighted by atomic mass is 10.1. The van der Waals surface area contributed by atoms with Crippen molar-refractivity contribution < 1.29 is 4.79 Å². The monoisotopic (exact) mass is 319 g/mol. The quantitative estimate of drug-likeness (QED) is 0.693. The van der Waals surface area contributed by atoms with Gasteiger partial charge in [0.1, 0.15) is 0 Å². The Morgan fingerprint density at radius 1 is 1.24 bits per heavy atom. The van der Waals surface area contributed by atoms with Crippen LogP contribution in [0.4, 0.5) is 0 Å². The lowest BCUT2D eigenvalue weighted by Gasteiger charge is -2.20. The summed E-state index contributed by atoms with van der Waals surface area (Å²) in [6.07, 6.45) is 3.10. The molecule has 0 amide bonds. The van der Waals surface area contributed by atoms with E-state index in [-0.39, 0.29) is 5.78 Å². The van der Waals surface area contributed by atoms with E-state index in [1.54, 1.807) is 23.5 Å². The molecule has 1 fully saturated rings. The maximum absolute atomic E-state index is 12.2. The number of halogens is 1. The molecule has 1 aromatic heterocycles. The molecule has 0 radical (unpaired) electrons. The Balaban J connectivity index is 1.56. The van der Waals surface area contributed by atoms with E-state index < -0.39 is 0 Å². The Morgan fingerprint density at radius 3 is 2.62 bits per heavy atom. The number of thiophene rings is 1. The van der Waals surface area contributed by atoms with E-state index in [1.165, 1.54) is 17.7 Å². The minimum atomic E-state index is 0.198. The van der Waals surface area contributed by atoms with Crippen molar-refractivity contribution in [2.24, 2.45) is 0 Å². The number of nitrogens with zero attached hydrogens (tertiary/aromatic N) is 1. The van der Waals surface area contributed by atoms with Crippen molar-refractivity contribution >= 4 is 28.7 Å². The maximum Gasteiger partial charge on any atom is 0.164 e. The van der Waals surface area contributed by atoms with E-state index in [0.29, 0.717) is 17.5 Å². The summed E-state index contributed by atoms with van der Waals surface area (Å²) in [4.78, 5) is 16.1. The molecule has 0 spiro atoms. The second kappa shape index (κ2) is 6.73. The highest BCUT2D eigenvalue weighted by Crippen LogP contribution is 2.29. The zero-order chi connectivity index (χ0) is 14.7. The molecule has 3 rings (SSSR count). The lowest BCUT2D eigenvalue weighted by Crippen LogP contribution is -2.27. The van der Waals surface area contributed by atoms with Crippen LogP contribution in [0.3, 0.4) is 0 Å². The van der Waals surface area contributed by atoms with Gasteiger partial charge in [-0.3, -0.25) is 9.69 Å². The number of rotatable bonds is 7. The molecule has 1 aliphatic rings. The molecule has 1 aliphatic carbocycles. The molecule has 1 heterocycles. The third kappa shape index (κ3) is 4.16. The van der Waals surface area contributed by atoms with Crippen LogP contribution in [-0.2, 0) is 6.54 Å². The summed E-state index contributed by atoms with van der Waals surface area (Å²) < 4.78 is 0. The molecule has 1 aromatic carbocycles. The smallest absolute Gasteiger partial charge is 0.164 e. The van der Waals surface area contributed by atoms with Gasteiger partial charge in [-0.2, -0.15) is 0 Å². The molecule has 0 saturated heterocycles. The first-order valence-electron chi connectivity index (χ1n) is 7.27. The van der Waals surface area contributed by atoms with Gasteiger partial charge in [0.15, 0.2) is 5.78 Å². The first kappa shape index (κ1) is 14.8. The number of Topliss-reactive ketones (excluding diaryl/α,β-unsaturated/α-hetero) is 1. The summed E-state index contributed by atoms with van der Waals surface area (Å²) in [5.41, 5.74) is 0.756. The summed E-state index contributed by atoms with van der Waals surface area (Å²) in [5, 5.41) is 2.78. The van der Waals surface area contributed by atoms with Crippen LogP contribution in [0.1, 0.15) is 34.5 Å². The third-order valence-corrected chi connectivity index (χ3v) is 4.91. The Hall–Kier alpha value is -1.16. The fraction of sp³-hybridized carbons (Fsp3) is 0.353. The second-order valence-electron chi connectivity index (χ2n) is 5.46. The topological polar surface area (TPSA) is 20.3 Å². The molecule has 0 aliphatic heterocycles. The van der Waals surface area contributed by atoms with Crippen molar-refractivity contribution in [1.29, 1.82) is 0 Å². The molecule has 110 valence electrons. The molecule has 21 heavy (non-hydrogen) atoms. The van der Waals surface area contributed by atoms with Gasteiger partial charge in [0, 0.05) is 41.0 Å². The second-order valence-corrected chi connectivity index (χ2v) is 6.93. The Kier molecular flexibility index (Phi) is 4.73. The summed E-state index contributed by atoms with van der Waals surface area (Å²) in [7, 11) is 0.